The van der Waals surface area contributed by atoms with Crippen LogP contribution in [0.4, 0.5) is 32.9 Å². The number of anilines is 4. The molecule has 8 aliphatic heterocycles. The Bertz CT molecular complexity index is 6220. The largest absolute Gasteiger partial charge is 0.444 e. The molecule has 4 aromatic carbocycles. The summed E-state index contributed by atoms with van der Waals surface area (Å²) >= 11 is 0. The van der Waals surface area contributed by atoms with Crippen molar-refractivity contribution in [1.82, 2.24) is 102 Å². The number of aromatic amines is 4. The number of hydrogen-bond acceptors (Lipinski definition) is 29. The van der Waals surface area contributed by atoms with Gasteiger partial charge < -0.3 is 65.0 Å². The average Bonchev–Trinajstić information content (AvgIpc) is 1.75. The van der Waals surface area contributed by atoms with Crippen molar-refractivity contribution in [3.63, 3.8) is 0 Å². The zero-order valence-corrected chi connectivity index (χ0v) is 65.3. The summed E-state index contributed by atoms with van der Waals surface area (Å²) in [5.74, 6) is 1.45. The molecule has 0 aliphatic carbocycles. The molecule has 39 heteroatoms. The molecular formula is C80H78N28O11. The number of morpholine rings is 3. The molecule has 8 aromatic heterocycles. The van der Waals surface area contributed by atoms with Crippen LogP contribution in [0.5, 0.6) is 0 Å². The molecule has 2 amide bonds. The van der Waals surface area contributed by atoms with E-state index in [1.807, 2.05) is 114 Å². The van der Waals surface area contributed by atoms with Crippen LogP contribution in [-0.2, 0) is 23.7 Å². The molecular weight excluding hydrogens is 1530 g/mol. The second-order valence-electron chi connectivity index (χ2n) is 30.9. The van der Waals surface area contributed by atoms with Crippen molar-refractivity contribution in [3.8, 4) is 0 Å². The smallest absolute Gasteiger partial charge is 0.410 e. The van der Waals surface area contributed by atoms with Crippen molar-refractivity contribution in [2.45, 2.75) is 101 Å². The van der Waals surface area contributed by atoms with E-state index in [2.05, 4.69) is 140 Å². The summed E-state index contributed by atoms with van der Waals surface area (Å²) in [4.78, 5) is 46.2. The third kappa shape index (κ3) is 15.1. The summed E-state index contributed by atoms with van der Waals surface area (Å²) in [7, 11) is 2.05. The summed E-state index contributed by atoms with van der Waals surface area (Å²) in [5, 5.41) is 77.3. The maximum absolute atomic E-state index is 12.7. The minimum absolute atomic E-state index is 0.207. The van der Waals surface area contributed by atoms with Crippen LogP contribution < -0.4 is 26.6 Å². The van der Waals surface area contributed by atoms with Gasteiger partial charge >= 0.3 is 12.2 Å². The molecule has 20 rings (SSSR count). The Labute approximate surface area is 677 Å². The summed E-state index contributed by atoms with van der Waals surface area (Å²) in [5.41, 5.74) is 16.6. The SMILES string of the molecule is [C-]#[N+]C1=C(C2=CCN(C(=O)OC(C)(C)C)CC2)Nc2[nH]ncc2C1c1cccc2nonc12.[C-]#[N+]C1=C(C2CN(C(=O)OC(C)(C)C)CCO2)Nc2[nH]ncc2C1c1cccc2nonc12.[C-]#[N+]C1=C(C2CN(C)CCO2)Nc2[nH]ncc2C1c1cccc2nonc12.[C-]#[N+]C1=C(C2CNCCO2)Nc2[nH]ncc2C1c1cccc2nonc12. The van der Waals surface area contributed by atoms with Crippen molar-refractivity contribution in [3.05, 3.63) is 245 Å². The number of allylic oxidation sites excluding steroid dienone is 5. The Hall–Kier alpha value is -14.5. The molecule has 12 aromatic rings. The number of nitrogens with zero attached hydrogens (tertiary/aromatic N) is 19. The number of benzene rings is 4. The lowest BCUT2D eigenvalue weighted by Crippen LogP contribution is -2.49. The van der Waals surface area contributed by atoms with Gasteiger partial charge in [-0.1, -0.05) is 54.6 Å². The van der Waals surface area contributed by atoms with Crippen LogP contribution in [0.1, 0.15) is 116 Å². The zero-order chi connectivity index (χ0) is 82.2. The molecule has 0 bridgehead atoms. The Balaban J connectivity index is 0.000000114. The van der Waals surface area contributed by atoms with Gasteiger partial charge in [0.15, 0.2) is 22.8 Å². The van der Waals surface area contributed by atoms with E-state index in [0.717, 1.165) is 97.7 Å². The van der Waals surface area contributed by atoms with Crippen LogP contribution in [0, 0.1) is 26.3 Å². The maximum atomic E-state index is 12.7. The molecule has 0 radical (unpaired) electrons. The molecule has 16 heterocycles. The molecule has 39 nitrogen and oxygen atoms in total. The van der Waals surface area contributed by atoms with E-state index in [1.54, 1.807) is 40.7 Å². The molecule has 9 N–H and O–H groups in total. The van der Waals surface area contributed by atoms with Crippen LogP contribution in [0.25, 0.3) is 63.5 Å². The molecule has 119 heavy (non-hydrogen) atoms. The predicted octanol–water partition coefficient (Wildman–Crippen LogP) is 11.1. The quantitative estimate of drug-likeness (QED) is 0.0638. The zero-order valence-electron chi connectivity index (χ0n) is 65.3. The number of aromatic nitrogens is 16. The van der Waals surface area contributed by atoms with Gasteiger partial charge in [-0.15, -0.1) is 0 Å². The number of carbonyl (C=O) groups is 2. The minimum Gasteiger partial charge on any atom is -0.444 e. The summed E-state index contributed by atoms with van der Waals surface area (Å²) in [6.07, 6.45) is 7.74. The highest BCUT2D eigenvalue weighted by atomic mass is 16.6. The van der Waals surface area contributed by atoms with Crippen molar-refractivity contribution >= 4 is 79.6 Å². The maximum Gasteiger partial charge on any atom is 0.410 e. The molecule has 8 aliphatic rings. The van der Waals surface area contributed by atoms with Crippen LogP contribution >= 0.6 is 0 Å². The number of amides is 2. The van der Waals surface area contributed by atoms with Gasteiger partial charge in [-0.2, -0.15) is 20.4 Å². The van der Waals surface area contributed by atoms with Crippen LogP contribution in [0.2, 0.25) is 0 Å². The molecule has 3 saturated heterocycles. The first kappa shape index (κ1) is 77.1. The lowest BCUT2D eigenvalue weighted by Gasteiger charge is -2.37. The van der Waals surface area contributed by atoms with Gasteiger partial charge in [0.2, 0.25) is 0 Å². The van der Waals surface area contributed by atoms with Gasteiger partial charge in [0, 0.05) is 90.9 Å². The van der Waals surface area contributed by atoms with Crippen molar-refractivity contribution in [2.24, 2.45) is 0 Å². The highest BCUT2D eigenvalue weighted by molar-refractivity contribution is 5.85. The third-order valence-electron chi connectivity index (χ3n) is 21.2. The second kappa shape index (κ2) is 32.3. The number of H-pyrrole nitrogens is 4. The first-order valence-electron chi connectivity index (χ1n) is 38.2. The van der Waals surface area contributed by atoms with Crippen molar-refractivity contribution < 1.29 is 51.8 Å². The monoisotopic (exact) mass is 1610 g/mol. The molecule has 7 atom stereocenters. The molecule has 0 spiro atoms. The summed E-state index contributed by atoms with van der Waals surface area (Å²) in [6.45, 7) is 49.0. The second-order valence-corrected chi connectivity index (χ2v) is 30.9. The molecule has 0 saturated carbocycles. The number of rotatable bonds is 8. The highest BCUT2D eigenvalue weighted by Crippen LogP contribution is 2.50. The van der Waals surface area contributed by atoms with E-state index in [4.69, 9.17) is 68.5 Å². The number of fused-ring (bicyclic) bond motifs is 8. The Morgan fingerprint density at radius 3 is 1.20 bits per heavy atom. The Morgan fingerprint density at radius 2 is 0.824 bits per heavy atom. The first-order chi connectivity index (χ1) is 57.8. The first-order valence-corrected chi connectivity index (χ1v) is 38.2. The molecule has 7 unspecified atom stereocenters. The standard InChI is InChI=1S/C23H23N7O3.C22H23N7O4.C18H17N7O2.C17H15N7O2/c1-23(2,3)32-22(31)30-10-8-13(9-11-30)18-20(24-4)17(15-12-25-27-21(15)26-18)14-6-5-7-16-19(14)29-33-28-16;1-22(2,3)32-21(30)29-8-9-31-15(11-29)18-19(23-4)16(13-10-24-26-20(13)25-18)12-6-5-7-14-17(12)28-33-27-14;1-19-17-14(10-4-3-5-12-15(10)24-27-23-12)11-8-20-22-18(11)21-16(17)13-9-25(2)6-7-26-13;1-18-16-13(9-3-2-4-11-14(9)24-26-23-11)10-7-20-22-17(10)21-15(16)12-8-19-5-6-25-12/h5-8,12,17H,9-11H2,1-3H3,(H2,25,26,27);5-7,10,15-16H,8-9,11H2,1-3H3,(H2,24,25,26);3-5,8,13-14H,6-7,9H2,2H3,(H2,20,21,22);2-4,7,12-13,19H,5-6,8H2,(H2,20,21,22). The lowest BCUT2D eigenvalue weighted by molar-refractivity contribution is -0.0297. The van der Waals surface area contributed by atoms with E-state index in [-0.39, 0.29) is 42.6 Å². The fraction of sp³-hybridized carbons (Fsp3) is 0.350. The van der Waals surface area contributed by atoms with E-state index in [0.29, 0.717) is 137 Å². The normalized spacial score (nSPS) is 21.1. The van der Waals surface area contributed by atoms with E-state index in [1.165, 1.54) is 0 Å². The summed E-state index contributed by atoms with van der Waals surface area (Å²) < 4.78 is 48.6. The number of carbonyl (C=O) groups excluding carboxylic acids is 2. The fourth-order valence-electron chi connectivity index (χ4n) is 15.8. The van der Waals surface area contributed by atoms with Gasteiger partial charge in [-0.25, -0.2) is 47.5 Å². The third-order valence-corrected chi connectivity index (χ3v) is 21.2. The number of hydrogen-bond donors (Lipinski definition) is 9. The van der Waals surface area contributed by atoms with E-state index < -0.39 is 29.3 Å². The Kier molecular flexibility index (Phi) is 20.9. The van der Waals surface area contributed by atoms with Gasteiger partial charge in [0.1, 0.15) is 90.8 Å². The fourth-order valence-corrected chi connectivity index (χ4v) is 15.8. The van der Waals surface area contributed by atoms with Crippen LogP contribution in [-0.4, -0.2) is 218 Å². The van der Waals surface area contributed by atoms with Crippen LogP contribution in [0.3, 0.4) is 0 Å². The van der Waals surface area contributed by atoms with Crippen LogP contribution in [0.15, 0.2) is 173 Å². The lowest BCUT2D eigenvalue weighted by atomic mass is 9.84. The van der Waals surface area contributed by atoms with Crippen molar-refractivity contribution in [1.29, 1.82) is 0 Å². The van der Waals surface area contributed by atoms with Gasteiger partial charge in [-0.3, -0.25) is 20.4 Å². The highest BCUT2D eigenvalue weighted by Gasteiger charge is 2.43. The predicted molar refractivity (Wildman–Crippen MR) is 426 cm³/mol. The topological polar surface area (TPSA) is 438 Å². The van der Waals surface area contributed by atoms with Gasteiger partial charge in [-0.05, 0) is 148 Å². The van der Waals surface area contributed by atoms with Gasteiger partial charge in [0.25, 0.3) is 0 Å². The van der Waals surface area contributed by atoms with E-state index in [9.17, 15) is 9.59 Å². The average molecular weight is 1610 g/mol. The van der Waals surface area contributed by atoms with Crippen molar-refractivity contribution in [2.75, 3.05) is 100 Å². The Morgan fingerprint density at radius 1 is 0.445 bits per heavy atom. The number of nitrogens with one attached hydrogen (secondary N) is 9. The summed E-state index contributed by atoms with van der Waals surface area (Å²) in [6, 6.07) is 22.6. The molecule has 3 fully saturated rings. The minimum atomic E-state index is -0.602. The molecule has 604 valence electrons. The number of likely N-dealkylation sites (N-methyl/N-ethyl adjacent to an activating group) is 1. The van der Waals surface area contributed by atoms with Gasteiger partial charge in [0.05, 0.1) is 107 Å². The number of ether oxygens (including phenoxy) is 5. The van der Waals surface area contributed by atoms with E-state index >= 15 is 0 Å².